The summed E-state index contributed by atoms with van der Waals surface area (Å²) in [5, 5.41) is 0.572. The van der Waals surface area contributed by atoms with Crippen LogP contribution < -0.4 is 20.3 Å². The zero-order valence-electron chi connectivity index (χ0n) is 16.4. The van der Waals surface area contributed by atoms with Crippen LogP contribution in [0.4, 0.5) is 0 Å². The molecule has 0 saturated carbocycles. The summed E-state index contributed by atoms with van der Waals surface area (Å²) in [5.41, 5.74) is 6.21. The first-order valence-corrected chi connectivity index (χ1v) is 10.6. The number of ether oxygens (including phenoxy) is 2. The molecule has 3 aromatic rings. The van der Waals surface area contributed by atoms with Gasteiger partial charge in [0.05, 0.1) is 11.1 Å². The van der Waals surface area contributed by atoms with Crippen LogP contribution in [0.25, 0.3) is 0 Å². The van der Waals surface area contributed by atoms with E-state index in [4.69, 9.17) is 21.1 Å². The minimum absolute atomic E-state index is 0.250. The summed E-state index contributed by atoms with van der Waals surface area (Å²) in [6.45, 7) is 0.262. The first kappa shape index (κ1) is 22.7. The minimum atomic E-state index is -0.497. The lowest BCUT2D eigenvalue weighted by molar-refractivity contribution is -0.123. The molecule has 2 N–H and O–H groups in total. The number of hydrogen-bond acceptors (Lipinski definition) is 4. The normalized spacial score (nSPS) is 10.3. The fourth-order valence-electron chi connectivity index (χ4n) is 2.60. The lowest BCUT2D eigenvalue weighted by Gasteiger charge is -2.11. The van der Waals surface area contributed by atoms with E-state index in [1.54, 1.807) is 42.5 Å². The number of carbonyl (C=O) groups is 2. The summed E-state index contributed by atoms with van der Waals surface area (Å²) in [6, 6.07) is 21.6. The van der Waals surface area contributed by atoms with Crippen LogP contribution in [0.2, 0.25) is 5.02 Å². The van der Waals surface area contributed by atoms with E-state index >= 15 is 0 Å². The molecule has 0 radical (unpaired) electrons. The van der Waals surface area contributed by atoms with E-state index in [0.29, 0.717) is 33.2 Å². The van der Waals surface area contributed by atoms with E-state index in [2.05, 4.69) is 26.8 Å². The highest BCUT2D eigenvalue weighted by Gasteiger charge is 2.11. The van der Waals surface area contributed by atoms with Gasteiger partial charge in [0.25, 0.3) is 11.8 Å². The van der Waals surface area contributed by atoms with Crippen molar-refractivity contribution in [3.05, 3.63) is 93.4 Å². The van der Waals surface area contributed by atoms with Crippen molar-refractivity contribution in [1.29, 1.82) is 0 Å². The number of rotatable bonds is 8. The van der Waals surface area contributed by atoms with E-state index in [1.807, 2.05) is 30.3 Å². The van der Waals surface area contributed by atoms with E-state index in [-0.39, 0.29) is 6.61 Å². The summed E-state index contributed by atoms with van der Waals surface area (Å²) in [6.07, 6.45) is 0.777. The van der Waals surface area contributed by atoms with Gasteiger partial charge in [0.1, 0.15) is 11.5 Å². The van der Waals surface area contributed by atoms with Crippen molar-refractivity contribution in [2.75, 3.05) is 13.2 Å². The molecule has 3 aromatic carbocycles. The molecule has 6 nitrogen and oxygen atoms in total. The Balaban J connectivity index is 1.43. The number of carbonyl (C=O) groups excluding carboxylic acids is 2. The third-order valence-electron chi connectivity index (χ3n) is 4.18. The predicted molar refractivity (Wildman–Crippen MR) is 122 cm³/mol. The van der Waals surface area contributed by atoms with Gasteiger partial charge in [-0.05, 0) is 64.0 Å². The van der Waals surface area contributed by atoms with Crippen LogP contribution in [-0.2, 0) is 11.2 Å². The Kier molecular flexibility index (Phi) is 8.32. The molecule has 8 heteroatoms. The Hall–Kier alpha value is -3.03. The highest BCUT2D eigenvalue weighted by molar-refractivity contribution is 9.10. The second-order valence-electron chi connectivity index (χ2n) is 6.47. The molecule has 2 amide bonds. The van der Waals surface area contributed by atoms with Gasteiger partial charge in [-0.1, -0.05) is 41.9 Å². The molecule has 31 heavy (non-hydrogen) atoms. The Bertz CT molecular complexity index is 1030. The number of halogens is 2. The topological polar surface area (TPSA) is 76.7 Å². The summed E-state index contributed by atoms with van der Waals surface area (Å²) >= 11 is 9.21. The Morgan fingerprint density at radius 3 is 2.35 bits per heavy atom. The molecule has 3 rings (SSSR count). The van der Waals surface area contributed by atoms with E-state index in [9.17, 15) is 9.59 Å². The maximum atomic E-state index is 12.3. The van der Waals surface area contributed by atoms with Crippen molar-refractivity contribution < 1.29 is 19.1 Å². The van der Waals surface area contributed by atoms with Crippen LogP contribution in [0, 0.1) is 0 Å². The second-order valence-corrected chi connectivity index (χ2v) is 7.76. The average Bonchev–Trinajstić information content (AvgIpc) is 2.79. The van der Waals surface area contributed by atoms with Crippen LogP contribution in [0.5, 0.6) is 11.5 Å². The Morgan fingerprint density at radius 1 is 0.903 bits per heavy atom. The SMILES string of the molecule is O=C(COc1ccc(Cl)cc1)NNC(=O)c1ccc(OCCc2ccccc2)c(Br)c1. The molecule has 0 saturated heterocycles. The zero-order chi connectivity index (χ0) is 22.1. The van der Waals surface area contributed by atoms with Crippen LogP contribution in [0.1, 0.15) is 15.9 Å². The largest absolute Gasteiger partial charge is 0.492 e. The lowest BCUT2D eigenvalue weighted by atomic mass is 10.2. The van der Waals surface area contributed by atoms with Gasteiger partial charge in [-0.15, -0.1) is 0 Å². The molecule has 0 aliphatic heterocycles. The van der Waals surface area contributed by atoms with Crippen LogP contribution in [-0.4, -0.2) is 25.0 Å². The molecule has 0 unspecified atom stereocenters. The van der Waals surface area contributed by atoms with Gasteiger partial charge in [0.15, 0.2) is 6.61 Å². The lowest BCUT2D eigenvalue weighted by Crippen LogP contribution is -2.43. The Morgan fingerprint density at radius 2 is 1.65 bits per heavy atom. The minimum Gasteiger partial charge on any atom is -0.492 e. The van der Waals surface area contributed by atoms with Gasteiger partial charge in [-0.2, -0.15) is 0 Å². The molecule has 0 fully saturated rings. The van der Waals surface area contributed by atoms with Crippen LogP contribution >= 0.6 is 27.5 Å². The van der Waals surface area contributed by atoms with Crippen molar-refractivity contribution in [3.8, 4) is 11.5 Å². The summed E-state index contributed by atoms with van der Waals surface area (Å²) in [4.78, 5) is 24.1. The molecule has 0 atom stereocenters. The highest BCUT2D eigenvalue weighted by atomic mass is 79.9. The van der Waals surface area contributed by atoms with Crippen molar-refractivity contribution in [2.45, 2.75) is 6.42 Å². The van der Waals surface area contributed by atoms with Crippen molar-refractivity contribution >= 4 is 39.3 Å². The fraction of sp³-hybridized carbons (Fsp3) is 0.130. The molecular formula is C23H20BrClN2O4. The number of amides is 2. The van der Waals surface area contributed by atoms with Gasteiger partial charge >= 0.3 is 0 Å². The molecule has 0 spiro atoms. The summed E-state index contributed by atoms with van der Waals surface area (Å²) in [5.74, 6) is 0.171. The monoisotopic (exact) mass is 502 g/mol. The average molecular weight is 504 g/mol. The van der Waals surface area contributed by atoms with E-state index < -0.39 is 11.8 Å². The summed E-state index contributed by atoms with van der Waals surface area (Å²) < 4.78 is 11.7. The van der Waals surface area contributed by atoms with Crippen LogP contribution in [0.15, 0.2) is 77.3 Å². The molecule has 0 aromatic heterocycles. The number of hydrogen-bond donors (Lipinski definition) is 2. The first-order valence-electron chi connectivity index (χ1n) is 9.45. The number of hydrazine groups is 1. The highest BCUT2D eigenvalue weighted by Crippen LogP contribution is 2.26. The quantitative estimate of drug-likeness (QED) is 0.442. The molecule has 0 heterocycles. The van der Waals surface area contributed by atoms with Gasteiger partial charge in [0, 0.05) is 17.0 Å². The van der Waals surface area contributed by atoms with Gasteiger partial charge in [-0.3, -0.25) is 20.4 Å². The van der Waals surface area contributed by atoms with Crippen LogP contribution in [0.3, 0.4) is 0 Å². The van der Waals surface area contributed by atoms with Crippen molar-refractivity contribution in [2.24, 2.45) is 0 Å². The van der Waals surface area contributed by atoms with Gasteiger partial charge in [-0.25, -0.2) is 0 Å². The smallest absolute Gasteiger partial charge is 0.276 e. The van der Waals surface area contributed by atoms with Gasteiger partial charge in [0.2, 0.25) is 0 Å². The van der Waals surface area contributed by atoms with E-state index in [0.717, 1.165) is 6.42 Å². The van der Waals surface area contributed by atoms with Crippen molar-refractivity contribution in [1.82, 2.24) is 10.9 Å². The molecule has 0 aliphatic rings. The third-order valence-corrected chi connectivity index (χ3v) is 5.06. The predicted octanol–water partition coefficient (Wildman–Crippen LogP) is 4.56. The summed E-state index contributed by atoms with van der Waals surface area (Å²) in [7, 11) is 0. The number of benzene rings is 3. The molecule has 0 bridgehead atoms. The third kappa shape index (κ3) is 7.31. The zero-order valence-corrected chi connectivity index (χ0v) is 18.8. The molecule has 160 valence electrons. The van der Waals surface area contributed by atoms with Crippen molar-refractivity contribution in [3.63, 3.8) is 0 Å². The standard InChI is InChI=1S/C23H20BrClN2O4/c24-20-14-17(6-11-21(20)30-13-12-16-4-2-1-3-5-16)23(29)27-26-22(28)15-31-19-9-7-18(25)8-10-19/h1-11,14H,12-13,15H2,(H,26,28)(H,27,29). The Labute approximate surface area is 193 Å². The number of nitrogens with one attached hydrogen (secondary N) is 2. The van der Waals surface area contributed by atoms with Gasteiger partial charge < -0.3 is 9.47 Å². The molecule has 0 aliphatic carbocycles. The maximum Gasteiger partial charge on any atom is 0.276 e. The molecular weight excluding hydrogens is 484 g/mol. The fourth-order valence-corrected chi connectivity index (χ4v) is 3.22. The second kappa shape index (κ2) is 11.4. The first-order chi connectivity index (χ1) is 15.0. The maximum absolute atomic E-state index is 12.3. The van der Waals surface area contributed by atoms with E-state index in [1.165, 1.54) is 5.56 Å².